The monoisotopic (exact) mass is 961 g/mol. The van der Waals surface area contributed by atoms with Crippen LogP contribution in [0.5, 0.6) is 0 Å². The van der Waals surface area contributed by atoms with E-state index in [1.165, 1.54) is 83.7 Å². The van der Waals surface area contributed by atoms with Crippen LogP contribution in [0.15, 0.2) is 267 Å². The van der Waals surface area contributed by atoms with Crippen molar-refractivity contribution < 1.29 is 0 Å². The Balaban J connectivity index is 0.000000265. The third kappa shape index (κ3) is 15.0. The summed E-state index contributed by atoms with van der Waals surface area (Å²) < 4.78 is 0. The van der Waals surface area contributed by atoms with Crippen LogP contribution in [0.3, 0.4) is 0 Å². The summed E-state index contributed by atoms with van der Waals surface area (Å²) in [4.78, 5) is 0. The first-order valence-corrected chi connectivity index (χ1v) is 26.7. The molecule has 368 valence electrons. The van der Waals surface area contributed by atoms with E-state index in [0.29, 0.717) is 17.8 Å². The number of fused-ring (bicyclic) bond motifs is 1. The molecule has 0 aliphatic heterocycles. The molecule has 0 aromatic heterocycles. The number of rotatable bonds is 17. The van der Waals surface area contributed by atoms with E-state index in [9.17, 15) is 0 Å². The van der Waals surface area contributed by atoms with Crippen LogP contribution in [-0.4, -0.2) is 0 Å². The molecule has 6 aromatic rings. The fraction of sp³-hybridized carbons (Fsp3) is 0.176. The Labute approximate surface area is 443 Å². The second-order valence-electron chi connectivity index (χ2n) is 19.7. The second-order valence-corrected chi connectivity index (χ2v) is 19.7. The first kappa shape index (κ1) is 52.3. The number of aryl methyl sites for hydroxylation is 1. The average Bonchev–Trinajstić information content (AvgIpc) is 3.83. The van der Waals surface area contributed by atoms with Gasteiger partial charge in [-0.3, -0.25) is 0 Å². The quantitative estimate of drug-likeness (QED) is 0.0370. The Kier molecular flexibility index (Phi) is 19.2. The van der Waals surface area contributed by atoms with Crippen LogP contribution in [0.1, 0.15) is 96.5 Å². The predicted molar refractivity (Wildman–Crippen MR) is 323 cm³/mol. The summed E-state index contributed by atoms with van der Waals surface area (Å²) in [6, 6.07) is 55.1. The van der Waals surface area contributed by atoms with Gasteiger partial charge in [0, 0.05) is 11.5 Å². The summed E-state index contributed by atoms with van der Waals surface area (Å²) in [5.41, 5.74) is 21.1. The van der Waals surface area contributed by atoms with Gasteiger partial charge in [0.1, 0.15) is 0 Å². The Hall–Kier alpha value is -8.02. The van der Waals surface area contributed by atoms with Crippen molar-refractivity contribution in [1.29, 1.82) is 0 Å². The van der Waals surface area contributed by atoms with Gasteiger partial charge >= 0.3 is 0 Å². The Morgan fingerprint density at radius 2 is 1.45 bits per heavy atom. The molecular formula is C74H72. The zero-order valence-corrected chi connectivity index (χ0v) is 44.0. The smallest absolute Gasteiger partial charge is 0.0237 e. The fourth-order valence-electron chi connectivity index (χ4n) is 9.74. The number of allylic oxidation sites excluding steroid dienone is 18. The summed E-state index contributed by atoms with van der Waals surface area (Å²) in [6.45, 7) is 13.0. The molecule has 3 aliphatic carbocycles. The van der Waals surface area contributed by atoms with Gasteiger partial charge in [0.15, 0.2) is 0 Å². The van der Waals surface area contributed by atoms with Crippen molar-refractivity contribution >= 4 is 34.4 Å². The molecular weight excluding hydrogens is 889 g/mol. The van der Waals surface area contributed by atoms with Gasteiger partial charge in [-0.2, -0.15) is 0 Å². The lowest BCUT2D eigenvalue weighted by molar-refractivity contribution is 0.578. The molecule has 6 aromatic carbocycles. The summed E-state index contributed by atoms with van der Waals surface area (Å²) in [5.74, 6) is 1.46. The minimum absolute atomic E-state index is 0.392. The Bertz CT molecular complexity index is 3310. The third-order valence-electron chi connectivity index (χ3n) is 14.2. The van der Waals surface area contributed by atoms with Crippen molar-refractivity contribution in [3.05, 3.63) is 327 Å². The largest absolute Gasteiger partial charge is 0.112 e. The topological polar surface area (TPSA) is 0 Å². The highest BCUT2D eigenvalue weighted by Crippen LogP contribution is 2.31. The fourth-order valence-corrected chi connectivity index (χ4v) is 9.74. The summed E-state index contributed by atoms with van der Waals surface area (Å²) in [6.07, 6.45) is 45.9. The summed E-state index contributed by atoms with van der Waals surface area (Å²) >= 11 is 0. The first-order chi connectivity index (χ1) is 36.3. The molecule has 3 atom stereocenters. The number of hydrogen-bond acceptors (Lipinski definition) is 0. The maximum Gasteiger partial charge on any atom is 0.0237 e. The van der Waals surface area contributed by atoms with Crippen LogP contribution in [0, 0.1) is 24.7 Å². The van der Waals surface area contributed by atoms with E-state index in [-0.39, 0.29) is 0 Å². The molecule has 0 saturated heterocycles. The molecule has 0 heteroatoms. The molecule has 0 saturated carbocycles. The molecule has 0 bridgehead atoms. The van der Waals surface area contributed by atoms with Crippen molar-refractivity contribution in [3.8, 4) is 0 Å². The molecule has 9 rings (SSSR count). The van der Waals surface area contributed by atoms with Crippen LogP contribution in [0.2, 0.25) is 0 Å². The van der Waals surface area contributed by atoms with Gasteiger partial charge < -0.3 is 0 Å². The van der Waals surface area contributed by atoms with Crippen LogP contribution in [0.25, 0.3) is 34.4 Å². The van der Waals surface area contributed by atoms with Crippen molar-refractivity contribution in [3.63, 3.8) is 0 Å². The zero-order valence-electron chi connectivity index (χ0n) is 44.0. The minimum Gasteiger partial charge on any atom is -0.112 e. The normalized spacial score (nSPS) is 16.5. The Morgan fingerprint density at radius 3 is 2.19 bits per heavy atom. The van der Waals surface area contributed by atoms with Gasteiger partial charge in [0.05, 0.1) is 0 Å². The highest BCUT2D eigenvalue weighted by atomic mass is 14.2. The molecule has 3 aliphatic rings. The average molecular weight is 961 g/mol. The van der Waals surface area contributed by atoms with Gasteiger partial charge in [-0.05, 0) is 154 Å². The van der Waals surface area contributed by atoms with Crippen LogP contribution in [-0.2, 0) is 12.8 Å². The lowest BCUT2D eigenvalue weighted by atomic mass is 9.87. The van der Waals surface area contributed by atoms with E-state index in [1.54, 1.807) is 0 Å². The molecule has 74 heavy (non-hydrogen) atoms. The SMILES string of the molecule is C=C(CCC1C=C(c2ccccc2)C=CC1)C(C)/C=C\C=C/C.CCC1C=CC=c2cc(Cc3ccc(C)cc3)ccc2=C1/C=C\Cc1ccc(C(=Cc2ccccc2)c2ccc(C3=C=CC=CC=C3)cc2)cc1. The maximum absolute atomic E-state index is 4.28. The molecule has 3 unspecified atom stereocenters. The van der Waals surface area contributed by atoms with Crippen molar-refractivity contribution in [1.82, 2.24) is 0 Å². The van der Waals surface area contributed by atoms with E-state index in [1.807, 2.05) is 25.2 Å². The number of benzene rings is 6. The lowest BCUT2D eigenvalue weighted by Crippen LogP contribution is -2.28. The van der Waals surface area contributed by atoms with Gasteiger partial charge in [-0.25, -0.2) is 0 Å². The molecule has 0 spiro atoms. The van der Waals surface area contributed by atoms with Crippen molar-refractivity contribution in [2.45, 2.75) is 66.2 Å². The highest BCUT2D eigenvalue weighted by molar-refractivity contribution is 5.92. The minimum atomic E-state index is 0.392. The Morgan fingerprint density at radius 1 is 0.730 bits per heavy atom. The first-order valence-electron chi connectivity index (χ1n) is 26.7. The molecule has 0 heterocycles. The van der Waals surface area contributed by atoms with E-state index in [4.69, 9.17) is 0 Å². The zero-order chi connectivity index (χ0) is 51.3. The van der Waals surface area contributed by atoms with Gasteiger partial charge in [0.2, 0.25) is 0 Å². The maximum atomic E-state index is 4.28. The lowest BCUT2D eigenvalue weighted by Gasteiger charge is -2.19. The molecule has 0 fully saturated rings. The van der Waals surface area contributed by atoms with E-state index in [0.717, 1.165) is 43.2 Å². The van der Waals surface area contributed by atoms with Crippen LogP contribution >= 0.6 is 0 Å². The standard InChI is InChI=1S/C51H44.C23H28/c1-3-43-18-12-19-48-36-42(35-41-23-21-38(2)22-24-41)27-34-50(48)49(43)20-11-15-39-25-28-46(29-26-39)51(37-40-13-7-6-8-14-40)47-32-30-45(31-33-47)44-16-9-4-5-10-17-44;1-4-5-7-11-19(2)20(3)16-17-21-12-10-15-23(18-21)22-13-8-6-9-14-22/h4-14,16,18-34,36-37,43H,3,15,35H2,1-2H3;4-11,13-15,18-19,21H,3,12,16-17H2,1-2H3/b20-11-,51-37?;5-4-,11-7-. The van der Waals surface area contributed by atoms with E-state index >= 15 is 0 Å². The van der Waals surface area contributed by atoms with Crippen molar-refractivity contribution in [2.24, 2.45) is 17.8 Å². The summed E-state index contributed by atoms with van der Waals surface area (Å²) in [7, 11) is 0. The summed E-state index contributed by atoms with van der Waals surface area (Å²) in [5, 5.41) is 2.64. The predicted octanol–water partition coefficient (Wildman–Crippen LogP) is 17.9. The number of hydrogen-bond donors (Lipinski definition) is 0. The van der Waals surface area contributed by atoms with E-state index in [2.05, 4.69) is 276 Å². The van der Waals surface area contributed by atoms with Gasteiger partial charge in [-0.1, -0.05) is 274 Å². The molecule has 0 N–H and O–H groups in total. The third-order valence-corrected chi connectivity index (χ3v) is 14.2. The highest BCUT2D eigenvalue weighted by Gasteiger charge is 2.14. The van der Waals surface area contributed by atoms with Gasteiger partial charge in [-0.15, -0.1) is 5.73 Å². The molecule has 0 amide bonds. The van der Waals surface area contributed by atoms with Gasteiger partial charge in [0.25, 0.3) is 0 Å². The van der Waals surface area contributed by atoms with E-state index < -0.39 is 0 Å². The van der Waals surface area contributed by atoms with Crippen LogP contribution in [0.4, 0.5) is 0 Å². The van der Waals surface area contributed by atoms with Crippen molar-refractivity contribution in [2.75, 3.05) is 0 Å². The van der Waals surface area contributed by atoms with Crippen LogP contribution < -0.4 is 10.4 Å². The molecule has 0 radical (unpaired) electrons. The second kappa shape index (κ2) is 27.2. The molecule has 0 nitrogen and oxygen atoms in total.